The predicted octanol–water partition coefficient (Wildman–Crippen LogP) is 4.97. The normalized spacial score (nSPS) is 11.4. The number of hydrogen-bond donors (Lipinski definition) is 1. The maximum atomic E-state index is 12.5. The second kappa shape index (κ2) is 5.53. The number of anilines is 1. The molecular weight excluding hydrogens is 275 g/mol. The zero-order valence-electron chi connectivity index (χ0n) is 9.84. The molecule has 0 aliphatic rings. The van der Waals surface area contributed by atoms with Gasteiger partial charge in [-0.2, -0.15) is 13.2 Å². The summed E-state index contributed by atoms with van der Waals surface area (Å²) in [7, 11) is 0. The summed E-state index contributed by atoms with van der Waals surface area (Å²) in [6.07, 6.45) is -4.31. The molecule has 0 atom stereocenters. The Morgan fingerprint density at radius 1 is 1.00 bits per heavy atom. The van der Waals surface area contributed by atoms with Crippen LogP contribution in [-0.4, -0.2) is 0 Å². The van der Waals surface area contributed by atoms with Crippen LogP contribution in [0.4, 0.5) is 18.9 Å². The van der Waals surface area contributed by atoms with Gasteiger partial charge in [0.1, 0.15) is 0 Å². The Hall–Kier alpha value is -1.68. The third kappa shape index (κ3) is 3.89. The van der Waals surface area contributed by atoms with Gasteiger partial charge in [-0.05, 0) is 35.9 Å². The summed E-state index contributed by atoms with van der Waals surface area (Å²) in [5, 5.41) is 3.61. The number of alkyl halides is 3. The molecule has 0 saturated heterocycles. The molecule has 100 valence electrons. The van der Waals surface area contributed by atoms with E-state index in [0.717, 1.165) is 17.8 Å². The van der Waals surface area contributed by atoms with Crippen LogP contribution in [0.5, 0.6) is 0 Å². The smallest absolute Gasteiger partial charge is 0.381 e. The second-order valence-electron chi connectivity index (χ2n) is 4.06. The Bertz CT molecular complexity index is 567. The van der Waals surface area contributed by atoms with E-state index in [-0.39, 0.29) is 0 Å². The van der Waals surface area contributed by atoms with Crippen LogP contribution in [0.2, 0.25) is 5.02 Å². The third-order valence-electron chi connectivity index (χ3n) is 2.58. The van der Waals surface area contributed by atoms with Crippen LogP contribution in [-0.2, 0) is 12.7 Å². The molecule has 2 rings (SSSR count). The predicted molar refractivity (Wildman–Crippen MR) is 70.2 cm³/mol. The van der Waals surface area contributed by atoms with E-state index in [1.807, 2.05) is 0 Å². The fraction of sp³-hybridized carbons (Fsp3) is 0.143. The van der Waals surface area contributed by atoms with Crippen molar-refractivity contribution in [3.8, 4) is 0 Å². The van der Waals surface area contributed by atoms with Gasteiger partial charge in [0.05, 0.1) is 5.56 Å². The van der Waals surface area contributed by atoms with Crippen LogP contribution in [0.3, 0.4) is 0 Å². The summed E-state index contributed by atoms with van der Waals surface area (Å²) in [5.74, 6) is 0. The van der Waals surface area contributed by atoms with Gasteiger partial charge in [-0.1, -0.05) is 29.8 Å². The fourth-order valence-corrected chi connectivity index (χ4v) is 1.85. The summed E-state index contributed by atoms with van der Waals surface area (Å²) in [5.41, 5.74) is 0.692. The van der Waals surface area contributed by atoms with Gasteiger partial charge in [0.25, 0.3) is 0 Å². The van der Waals surface area contributed by atoms with Crippen molar-refractivity contribution in [3.63, 3.8) is 0 Å². The molecule has 0 heterocycles. The Kier molecular flexibility index (Phi) is 4.00. The zero-order chi connectivity index (χ0) is 13.9. The summed E-state index contributed by atoms with van der Waals surface area (Å²) < 4.78 is 37.6. The van der Waals surface area contributed by atoms with Gasteiger partial charge < -0.3 is 5.32 Å². The van der Waals surface area contributed by atoms with Gasteiger partial charge in [-0.15, -0.1) is 0 Å². The number of halogens is 4. The largest absolute Gasteiger partial charge is 0.416 e. The van der Waals surface area contributed by atoms with E-state index in [9.17, 15) is 13.2 Å². The quantitative estimate of drug-likeness (QED) is 0.839. The molecule has 0 aromatic heterocycles. The minimum atomic E-state index is -4.31. The monoisotopic (exact) mass is 285 g/mol. The Morgan fingerprint density at radius 2 is 1.74 bits per heavy atom. The minimum Gasteiger partial charge on any atom is -0.381 e. The van der Waals surface area contributed by atoms with E-state index < -0.39 is 11.7 Å². The van der Waals surface area contributed by atoms with Crippen LogP contribution < -0.4 is 5.32 Å². The number of rotatable bonds is 3. The van der Waals surface area contributed by atoms with E-state index in [1.54, 1.807) is 30.3 Å². The lowest BCUT2D eigenvalue weighted by Crippen LogP contribution is -2.06. The van der Waals surface area contributed by atoms with Crippen molar-refractivity contribution in [1.82, 2.24) is 0 Å². The lowest BCUT2D eigenvalue weighted by Gasteiger charge is -2.10. The van der Waals surface area contributed by atoms with Crippen LogP contribution >= 0.6 is 11.6 Å². The molecule has 19 heavy (non-hydrogen) atoms. The molecule has 0 aliphatic carbocycles. The number of nitrogens with one attached hydrogen (secondary N) is 1. The van der Waals surface area contributed by atoms with Crippen molar-refractivity contribution in [2.45, 2.75) is 12.7 Å². The number of benzene rings is 2. The van der Waals surface area contributed by atoms with Gasteiger partial charge in [0, 0.05) is 17.3 Å². The molecule has 0 unspecified atom stereocenters. The standard InChI is InChI=1S/C14H11ClF3N/c15-12-5-2-6-13(8-12)19-9-10-3-1-4-11(7-10)14(16,17)18/h1-8,19H,9H2. The lowest BCUT2D eigenvalue weighted by atomic mass is 10.1. The Labute approximate surface area is 114 Å². The van der Waals surface area contributed by atoms with Gasteiger partial charge in [0.2, 0.25) is 0 Å². The minimum absolute atomic E-state index is 0.310. The SMILES string of the molecule is FC(F)(F)c1cccc(CNc2cccc(Cl)c2)c1. The van der Waals surface area contributed by atoms with Crippen LogP contribution in [0.25, 0.3) is 0 Å². The molecule has 0 fully saturated rings. The average molecular weight is 286 g/mol. The van der Waals surface area contributed by atoms with E-state index in [2.05, 4.69) is 5.32 Å². The summed E-state index contributed by atoms with van der Waals surface area (Å²) in [6.45, 7) is 0.310. The van der Waals surface area contributed by atoms with Crippen molar-refractivity contribution in [3.05, 3.63) is 64.7 Å². The summed E-state index contributed by atoms with van der Waals surface area (Å²) in [4.78, 5) is 0. The highest BCUT2D eigenvalue weighted by Gasteiger charge is 2.30. The van der Waals surface area contributed by atoms with E-state index in [0.29, 0.717) is 17.1 Å². The van der Waals surface area contributed by atoms with Gasteiger partial charge in [-0.25, -0.2) is 0 Å². The zero-order valence-corrected chi connectivity index (χ0v) is 10.6. The van der Waals surface area contributed by atoms with Crippen LogP contribution in [0.1, 0.15) is 11.1 Å². The van der Waals surface area contributed by atoms with Crippen molar-refractivity contribution < 1.29 is 13.2 Å². The molecule has 0 aliphatic heterocycles. The Balaban J connectivity index is 2.08. The lowest BCUT2D eigenvalue weighted by molar-refractivity contribution is -0.137. The molecule has 0 spiro atoms. The van der Waals surface area contributed by atoms with Crippen molar-refractivity contribution >= 4 is 17.3 Å². The van der Waals surface area contributed by atoms with Crippen molar-refractivity contribution in [1.29, 1.82) is 0 Å². The molecule has 0 bridgehead atoms. The van der Waals surface area contributed by atoms with Crippen molar-refractivity contribution in [2.24, 2.45) is 0 Å². The number of hydrogen-bond acceptors (Lipinski definition) is 1. The third-order valence-corrected chi connectivity index (χ3v) is 2.81. The maximum Gasteiger partial charge on any atom is 0.416 e. The summed E-state index contributed by atoms with van der Waals surface area (Å²) >= 11 is 5.82. The molecule has 0 amide bonds. The highest BCUT2D eigenvalue weighted by Crippen LogP contribution is 2.29. The highest BCUT2D eigenvalue weighted by atomic mass is 35.5. The maximum absolute atomic E-state index is 12.5. The Morgan fingerprint density at radius 3 is 2.42 bits per heavy atom. The average Bonchev–Trinajstić information content (AvgIpc) is 2.36. The van der Waals surface area contributed by atoms with Gasteiger partial charge in [0.15, 0.2) is 0 Å². The topological polar surface area (TPSA) is 12.0 Å². The van der Waals surface area contributed by atoms with Crippen LogP contribution in [0, 0.1) is 0 Å². The molecule has 2 aromatic carbocycles. The molecular formula is C14H11ClF3N. The first-order valence-corrected chi connectivity index (χ1v) is 5.98. The molecule has 0 saturated carbocycles. The van der Waals surface area contributed by atoms with Gasteiger partial charge in [-0.3, -0.25) is 0 Å². The van der Waals surface area contributed by atoms with Gasteiger partial charge >= 0.3 is 6.18 Å². The van der Waals surface area contributed by atoms with E-state index in [4.69, 9.17) is 11.6 Å². The first-order chi connectivity index (χ1) is 8.95. The summed E-state index contributed by atoms with van der Waals surface area (Å²) in [6, 6.07) is 12.3. The molecule has 5 heteroatoms. The molecule has 2 aromatic rings. The van der Waals surface area contributed by atoms with E-state index in [1.165, 1.54) is 6.07 Å². The first kappa shape index (κ1) is 13.7. The molecule has 0 radical (unpaired) electrons. The van der Waals surface area contributed by atoms with E-state index >= 15 is 0 Å². The van der Waals surface area contributed by atoms with Crippen molar-refractivity contribution in [2.75, 3.05) is 5.32 Å². The fourth-order valence-electron chi connectivity index (χ4n) is 1.66. The molecule has 1 nitrogen and oxygen atoms in total. The first-order valence-electron chi connectivity index (χ1n) is 5.61. The molecule has 1 N–H and O–H groups in total. The second-order valence-corrected chi connectivity index (χ2v) is 4.50. The highest BCUT2D eigenvalue weighted by molar-refractivity contribution is 6.30. The van der Waals surface area contributed by atoms with Crippen LogP contribution in [0.15, 0.2) is 48.5 Å².